The zero-order chi connectivity index (χ0) is 14.4. The largest absolute Gasteiger partial charge is 0.423 e. The number of para-hydroxylation sites is 1. The molecule has 0 aliphatic carbocycles. The highest BCUT2D eigenvalue weighted by molar-refractivity contribution is 6.32. The third-order valence-corrected chi connectivity index (χ3v) is 2.63. The Bertz CT molecular complexity index is 554. The molecule has 7 heteroatoms. The van der Waals surface area contributed by atoms with Gasteiger partial charge >= 0.3 is 6.01 Å². The molecule has 2 N–H and O–H groups in total. The van der Waals surface area contributed by atoms with Crippen LogP contribution in [0.2, 0.25) is 5.02 Å². The molecule has 0 amide bonds. The number of anilines is 2. The van der Waals surface area contributed by atoms with Crippen LogP contribution in [0.3, 0.4) is 0 Å². The topological polar surface area (TPSA) is 72.0 Å². The van der Waals surface area contributed by atoms with Crippen LogP contribution < -0.4 is 15.4 Å². The van der Waals surface area contributed by atoms with Gasteiger partial charge in [-0.05, 0) is 26.0 Å². The van der Waals surface area contributed by atoms with Crippen LogP contribution in [0.4, 0.5) is 11.9 Å². The Labute approximate surface area is 122 Å². The van der Waals surface area contributed by atoms with E-state index in [1.54, 1.807) is 12.1 Å². The lowest BCUT2D eigenvalue weighted by Gasteiger charge is -2.09. The van der Waals surface area contributed by atoms with E-state index in [2.05, 4.69) is 25.6 Å². The fourth-order valence-electron chi connectivity index (χ4n) is 1.50. The van der Waals surface area contributed by atoms with E-state index in [1.165, 1.54) is 0 Å². The minimum absolute atomic E-state index is 0.194. The Hall–Kier alpha value is -2.08. The fourth-order valence-corrected chi connectivity index (χ4v) is 1.68. The Kier molecular flexibility index (Phi) is 4.95. The van der Waals surface area contributed by atoms with E-state index in [0.717, 1.165) is 0 Å². The van der Waals surface area contributed by atoms with Gasteiger partial charge in [-0.3, -0.25) is 0 Å². The third-order valence-electron chi connectivity index (χ3n) is 2.32. The number of hydrogen-bond donors (Lipinski definition) is 2. The first-order valence-electron chi connectivity index (χ1n) is 6.39. The fraction of sp³-hybridized carbons (Fsp3) is 0.308. The maximum absolute atomic E-state index is 6.05. The van der Waals surface area contributed by atoms with Crippen molar-refractivity contribution in [2.24, 2.45) is 0 Å². The van der Waals surface area contributed by atoms with Gasteiger partial charge in [0.05, 0.1) is 5.02 Å². The van der Waals surface area contributed by atoms with Crippen molar-refractivity contribution < 1.29 is 4.74 Å². The first-order valence-corrected chi connectivity index (χ1v) is 6.77. The molecular weight excluding hydrogens is 278 g/mol. The molecule has 0 spiro atoms. The summed E-state index contributed by atoms with van der Waals surface area (Å²) in [5, 5.41) is 6.57. The Morgan fingerprint density at radius 2 is 1.60 bits per heavy atom. The first kappa shape index (κ1) is 14.3. The minimum atomic E-state index is 0.194. The Balaban J connectivity index is 2.28. The van der Waals surface area contributed by atoms with Crippen molar-refractivity contribution in [1.29, 1.82) is 0 Å². The highest BCUT2D eigenvalue weighted by atomic mass is 35.5. The first-order chi connectivity index (χ1) is 9.72. The molecule has 0 bridgehead atoms. The van der Waals surface area contributed by atoms with Crippen LogP contribution in [0.25, 0.3) is 0 Å². The van der Waals surface area contributed by atoms with E-state index in [0.29, 0.717) is 35.8 Å². The molecule has 0 aliphatic heterocycles. The second-order valence-electron chi connectivity index (χ2n) is 3.86. The summed E-state index contributed by atoms with van der Waals surface area (Å²) in [5.74, 6) is 1.42. The summed E-state index contributed by atoms with van der Waals surface area (Å²) in [7, 11) is 0. The molecule has 0 saturated carbocycles. The number of benzene rings is 1. The van der Waals surface area contributed by atoms with Gasteiger partial charge in [-0.15, -0.1) is 0 Å². The second kappa shape index (κ2) is 6.91. The van der Waals surface area contributed by atoms with Gasteiger partial charge in [0.25, 0.3) is 0 Å². The zero-order valence-electron chi connectivity index (χ0n) is 11.4. The van der Waals surface area contributed by atoms with E-state index in [-0.39, 0.29) is 6.01 Å². The number of nitrogens with zero attached hydrogens (tertiary/aromatic N) is 3. The van der Waals surface area contributed by atoms with Gasteiger partial charge in [-0.2, -0.15) is 15.0 Å². The van der Waals surface area contributed by atoms with Gasteiger partial charge < -0.3 is 15.4 Å². The normalized spacial score (nSPS) is 10.2. The second-order valence-corrected chi connectivity index (χ2v) is 4.27. The van der Waals surface area contributed by atoms with E-state index >= 15 is 0 Å². The average Bonchev–Trinajstić information content (AvgIpc) is 2.42. The number of halogens is 1. The summed E-state index contributed by atoms with van der Waals surface area (Å²) < 4.78 is 5.61. The smallest absolute Gasteiger partial charge is 0.328 e. The van der Waals surface area contributed by atoms with Crippen LogP contribution in [-0.4, -0.2) is 28.0 Å². The molecule has 0 saturated heterocycles. The van der Waals surface area contributed by atoms with Crippen molar-refractivity contribution in [2.45, 2.75) is 13.8 Å². The molecule has 1 heterocycles. The maximum atomic E-state index is 6.05. The van der Waals surface area contributed by atoms with Gasteiger partial charge in [0.15, 0.2) is 0 Å². The SMILES string of the molecule is CCNc1nc(NCC)nc(Oc2ccccc2Cl)n1. The molecule has 0 aliphatic rings. The minimum Gasteiger partial charge on any atom is -0.423 e. The standard InChI is InChI=1S/C13H16ClN5O/c1-3-15-11-17-12(16-4-2)19-13(18-11)20-10-8-6-5-7-9(10)14/h5-8H,3-4H2,1-2H3,(H2,15,16,17,18,19). The van der Waals surface area contributed by atoms with Crippen LogP contribution in [0, 0.1) is 0 Å². The number of hydrogen-bond acceptors (Lipinski definition) is 6. The Morgan fingerprint density at radius 1 is 1.00 bits per heavy atom. The molecule has 106 valence electrons. The lowest BCUT2D eigenvalue weighted by atomic mass is 10.3. The zero-order valence-corrected chi connectivity index (χ0v) is 12.1. The van der Waals surface area contributed by atoms with Crippen LogP contribution in [0.1, 0.15) is 13.8 Å². The van der Waals surface area contributed by atoms with Crippen LogP contribution in [0.5, 0.6) is 11.8 Å². The molecule has 20 heavy (non-hydrogen) atoms. The number of nitrogens with one attached hydrogen (secondary N) is 2. The van der Waals surface area contributed by atoms with Crippen LogP contribution >= 0.6 is 11.6 Å². The van der Waals surface area contributed by atoms with Crippen molar-refractivity contribution in [3.05, 3.63) is 29.3 Å². The summed E-state index contributed by atoms with van der Waals surface area (Å²) >= 11 is 6.05. The van der Waals surface area contributed by atoms with Gasteiger partial charge in [0.1, 0.15) is 5.75 Å². The number of rotatable bonds is 6. The lowest BCUT2D eigenvalue weighted by molar-refractivity contribution is 0.441. The molecule has 2 aromatic rings. The summed E-state index contributed by atoms with van der Waals surface area (Å²) in [4.78, 5) is 12.6. The van der Waals surface area contributed by atoms with E-state index < -0.39 is 0 Å². The summed E-state index contributed by atoms with van der Waals surface area (Å²) in [6.07, 6.45) is 0. The van der Waals surface area contributed by atoms with Crippen molar-refractivity contribution >= 4 is 23.5 Å². The molecule has 0 fully saturated rings. The Morgan fingerprint density at radius 3 is 2.15 bits per heavy atom. The molecule has 2 rings (SSSR count). The van der Waals surface area contributed by atoms with Crippen LogP contribution in [-0.2, 0) is 0 Å². The van der Waals surface area contributed by atoms with Crippen molar-refractivity contribution in [2.75, 3.05) is 23.7 Å². The number of ether oxygens (including phenoxy) is 1. The van der Waals surface area contributed by atoms with Gasteiger partial charge in [-0.25, -0.2) is 0 Å². The predicted octanol–water partition coefficient (Wildman–Crippen LogP) is 3.18. The molecule has 0 unspecified atom stereocenters. The van der Waals surface area contributed by atoms with Crippen molar-refractivity contribution in [3.8, 4) is 11.8 Å². The molecule has 0 radical (unpaired) electrons. The molecule has 6 nitrogen and oxygen atoms in total. The van der Waals surface area contributed by atoms with Crippen molar-refractivity contribution in [3.63, 3.8) is 0 Å². The van der Waals surface area contributed by atoms with E-state index in [1.807, 2.05) is 26.0 Å². The molecule has 1 aromatic carbocycles. The quantitative estimate of drug-likeness (QED) is 0.852. The van der Waals surface area contributed by atoms with Gasteiger partial charge in [0.2, 0.25) is 11.9 Å². The molecular formula is C13H16ClN5O. The lowest BCUT2D eigenvalue weighted by Crippen LogP contribution is -2.09. The van der Waals surface area contributed by atoms with Crippen molar-refractivity contribution in [1.82, 2.24) is 15.0 Å². The van der Waals surface area contributed by atoms with Gasteiger partial charge in [-0.1, -0.05) is 23.7 Å². The molecule has 1 aromatic heterocycles. The summed E-state index contributed by atoms with van der Waals surface area (Å²) in [5.41, 5.74) is 0. The monoisotopic (exact) mass is 293 g/mol. The van der Waals surface area contributed by atoms with E-state index in [4.69, 9.17) is 16.3 Å². The summed E-state index contributed by atoms with van der Waals surface area (Å²) in [6.45, 7) is 5.35. The van der Waals surface area contributed by atoms with E-state index in [9.17, 15) is 0 Å². The van der Waals surface area contributed by atoms with Crippen LogP contribution in [0.15, 0.2) is 24.3 Å². The average molecular weight is 294 g/mol. The maximum Gasteiger partial charge on any atom is 0.328 e. The third kappa shape index (κ3) is 3.71. The highest BCUT2D eigenvalue weighted by Gasteiger charge is 2.09. The highest BCUT2D eigenvalue weighted by Crippen LogP contribution is 2.27. The van der Waals surface area contributed by atoms with Gasteiger partial charge in [0, 0.05) is 13.1 Å². The molecule has 0 atom stereocenters. The summed E-state index contributed by atoms with van der Waals surface area (Å²) in [6, 6.07) is 7.36. The predicted molar refractivity (Wildman–Crippen MR) is 79.7 cm³/mol. The number of aromatic nitrogens is 3.